The molecule has 0 unspecified atom stereocenters. The van der Waals surface area contributed by atoms with Crippen molar-refractivity contribution < 1.29 is 18.1 Å². The molecule has 1 aromatic rings. The Morgan fingerprint density at radius 3 is 2.50 bits per heavy atom. The molecule has 0 aliphatic heterocycles. The van der Waals surface area contributed by atoms with Crippen molar-refractivity contribution in [3.63, 3.8) is 0 Å². The van der Waals surface area contributed by atoms with E-state index in [1.165, 1.54) is 19.2 Å². The quantitative estimate of drug-likeness (QED) is 0.617. The van der Waals surface area contributed by atoms with Crippen LogP contribution in [0.15, 0.2) is 23.1 Å². The topological polar surface area (TPSA) is 125 Å². The van der Waals surface area contributed by atoms with Crippen LogP contribution in [0.25, 0.3) is 0 Å². The Hall–Kier alpha value is -1.71. The van der Waals surface area contributed by atoms with Crippen molar-refractivity contribution in [1.29, 1.82) is 0 Å². The average molecular weight is 329 g/mol. The van der Waals surface area contributed by atoms with Gasteiger partial charge in [-0.05, 0) is 37.8 Å². The molecule has 0 radical (unpaired) electrons. The van der Waals surface area contributed by atoms with E-state index in [1.54, 1.807) is 0 Å². The molecule has 3 N–H and O–H groups in total. The molecular formula is C13H19N3O5S. The number of nitrogens with two attached hydrogens (primary N) is 1. The highest BCUT2D eigenvalue weighted by atomic mass is 32.2. The van der Waals surface area contributed by atoms with Crippen LogP contribution in [0.4, 0.5) is 5.69 Å². The second-order valence-electron chi connectivity index (χ2n) is 5.32. The van der Waals surface area contributed by atoms with Crippen molar-refractivity contribution in [3.05, 3.63) is 28.3 Å². The largest absolute Gasteiger partial charge is 0.490 e. The molecule has 0 heterocycles. The molecule has 1 aromatic carbocycles. The van der Waals surface area contributed by atoms with Crippen LogP contribution >= 0.6 is 0 Å². The zero-order valence-corrected chi connectivity index (χ0v) is 13.0. The fourth-order valence-corrected chi connectivity index (χ4v) is 3.83. The summed E-state index contributed by atoms with van der Waals surface area (Å²) in [6.45, 7) is 0. The molecule has 8 nitrogen and oxygen atoms in total. The summed E-state index contributed by atoms with van der Waals surface area (Å²) < 4.78 is 32.2. The summed E-state index contributed by atoms with van der Waals surface area (Å²) in [7, 11) is -2.52. The summed E-state index contributed by atoms with van der Waals surface area (Å²) in [5.74, 6) is 0.0209. The standard InChI is InChI=1S/C13H19N3O5S/c1-21-13-7-6-11(8-12(13)16(17)18)22(19,20)15-10-4-2-9(14)3-5-10/h6-10,15H,2-5,14H2,1H3. The van der Waals surface area contributed by atoms with Crippen LogP contribution in [0.1, 0.15) is 25.7 Å². The maximum Gasteiger partial charge on any atom is 0.312 e. The van der Waals surface area contributed by atoms with Gasteiger partial charge in [0.25, 0.3) is 0 Å². The van der Waals surface area contributed by atoms with E-state index in [2.05, 4.69) is 4.72 Å². The second kappa shape index (κ2) is 6.59. The van der Waals surface area contributed by atoms with Gasteiger partial charge in [0, 0.05) is 18.2 Å². The van der Waals surface area contributed by atoms with Crippen LogP contribution in [0.5, 0.6) is 5.75 Å². The second-order valence-corrected chi connectivity index (χ2v) is 7.04. The lowest BCUT2D eigenvalue weighted by Crippen LogP contribution is -2.40. The molecule has 0 amide bonds. The number of nitro groups is 1. The minimum Gasteiger partial charge on any atom is -0.490 e. The Morgan fingerprint density at radius 2 is 1.95 bits per heavy atom. The maximum atomic E-state index is 12.4. The number of nitrogens with zero attached hydrogens (tertiary/aromatic N) is 1. The normalized spacial score (nSPS) is 22.3. The van der Waals surface area contributed by atoms with Gasteiger partial charge in [-0.15, -0.1) is 0 Å². The van der Waals surface area contributed by atoms with Crippen LogP contribution in [0.2, 0.25) is 0 Å². The van der Waals surface area contributed by atoms with E-state index in [0.29, 0.717) is 12.8 Å². The van der Waals surface area contributed by atoms with Gasteiger partial charge >= 0.3 is 5.69 Å². The van der Waals surface area contributed by atoms with Crippen molar-refractivity contribution in [2.24, 2.45) is 5.73 Å². The number of nitrogens with one attached hydrogen (secondary N) is 1. The molecule has 0 atom stereocenters. The Kier molecular flexibility index (Phi) is 4.99. The Balaban J connectivity index is 2.22. The van der Waals surface area contributed by atoms with Gasteiger partial charge in [0.05, 0.1) is 16.9 Å². The van der Waals surface area contributed by atoms with Crippen molar-refractivity contribution in [2.75, 3.05) is 7.11 Å². The van der Waals surface area contributed by atoms with Gasteiger partial charge in [0.1, 0.15) is 0 Å². The number of hydrogen-bond acceptors (Lipinski definition) is 6. The fourth-order valence-electron chi connectivity index (χ4n) is 2.50. The molecule has 0 saturated heterocycles. The van der Waals surface area contributed by atoms with E-state index in [-0.39, 0.29) is 28.4 Å². The lowest BCUT2D eigenvalue weighted by molar-refractivity contribution is -0.386. The number of sulfonamides is 1. The number of benzene rings is 1. The molecular weight excluding hydrogens is 310 g/mol. The highest BCUT2D eigenvalue weighted by molar-refractivity contribution is 7.89. The number of rotatable bonds is 5. The minimum atomic E-state index is -3.81. The van der Waals surface area contributed by atoms with Crippen LogP contribution in [0.3, 0.4) is 0 Å². The van der Waals surface area contributed by atoms with Crippen LogP contribution in [0, 0.1) is 10.1 Å². The first-order valence-electron chi connectivity index (χ1n) is 6.94. The summed E-state index contributed by atoms with van der Waals surface area (Å²) in [6, 6.07) is 3.51. The van der Waals surface area contributed by atoms with Crippen molar-refractivity contribution in [2.45, 2.75) is 42.7 Å². The number of ether oxygens (including phenoxy) is 1. The smallest absolute Gasteiger partial charge is 0.312 e. The molecule has 2 rings (SSSR count). The zero-order valence-electron chi connectivity index (χ0n) is 12.2. The maximum absolute atomic E-state index is 12.4. The summed E-state index contributed by atoms with van der Waals surface area (Å²) in [5, 5.41) is 11.0. The van der Waals surface area contributed by atoms with Crippen LogP contribution in [-0.4, -0.2) is 32.5 Å². The van der Waals surface area contributed by atoms with Crippen molar-refractivity contribution in [3.8, 4) is 5.75 Å². The van der Waals surface area contributed by atoms with Gasteiger partial charge in [-0.3, -0.25) is 10.1 Å². The van der Waals surface area contributed by atoms with E-state index in [1.807, 2.05) is 0 Å². The van der Waals surface area contributed by atoms with Crippen LogP contribution < -0.4 is 15.2 Å². The van der Waals surface area contributed by atoms with Crippen molar-refractivity contribution in [1.82, 2.24) is 4.72 Å². The van der Waals surface area contributed by atoms with Gasteiger partial charge in [-0.1, -0.05) is 0 Å². The number of nitro benzene ring substituents is 1. The third-order valence-electron chi connectivity index (χ3n) is 3.75. The first-order valence-corrected chi connectivity index (χ1v) is 8.42. The summed E-state index contributed by atoms with van der Waals surface area (Å²) in [4.78, 5) is 10.2. The third-order valence-corrected chi connectivity index (χ3v) is 5.27. The highest BCUT2D eigenvalue weighted by Gasteiger charge is 2.26. The number of hydrogen-bond donors (Lipinski definition) is 2. The molecule has 22 heavy (non-hydrogen) atoms. The SMILES string of the molecule is COc1ccc(S(=O)(=O)NC2CCC(N)CC2)cc1[N+](=O)[O-]. The number of methoxy groups -OCH3 is 1. The Labute approximate surface area is 128 Å². The molecule has 9 heteroatoms. The summed E-state index contributed by atoms with van der Waals surface area (Å²) in [5.41, 5.74) is 5.41. The van der Waals surface area contributed by atoms with E-state index < -0.39 is 14.9 Å². The van der Waals surface area contributed by atoms with E-state index >= 15 is 0 Å². The lowest BCUT2D eigenvalue weighted by atomic mass is 9.93. The molecule has 122 valence electrons. The predicted molar refractivity (Wildman–Crippen MR) is 80.2 cm³/mol. The molecule has 0 aromatic heterocycles. The van der Waals surface area contributed by atoms with Gasteiger partial charge in [0.2, 0.25) is 10.0 Å². The summed E-state index contributed by atoms with van der Waals surface area (Å²) in [6.07, 6.45) is 2.85. The molecule has 1 saturated carbocycles. The van der Waals surface area contributed by atoms with Gasteiger partial charge in [-0.25, -0.2) is 13.1 Å². The van der Waals surface area contributed by atoms with E-state index in [0.717, 1.165) is 18.9 Å². The van der Waals surface area contributed by atoms with Crippen molar-refractivity contribution >= 4 is 15.7 Å². The molecule has 0 spiro atoms. The van der Waals surface area contributed by atoms with Gasteiger partial charge < -0.3 is 10.5 Å². The monoisotopic (exact) mass is 329 g/mol. The first-order chi connectivity index (χ1) is 10.3. The fraction of sp³-hybridized carbons (Fsp3) is 0.538. The third kappa shape index (κ3) is 3.73. The Bertz CT molecular complexity index is 654. The van der Waals surface area contributed by atoms with E-state index in [4.69, 9.17) is 10.5 Å². The highest BCUT2D eigenvalue weighted by Crippen LogP contribution is 2.29. The molecule has 1 fully saturated rings. The minimum absolute atomic E-state index is 0.0209. The molecule has 0 bridgehead atoms. The predicted octanol–water partition coefficient (Wildman–Crippen LogP) is 1.15. The van der Waals surface area contributed by atoms with Gasteiger partial charge in [0.15, 0.2) is 5.75 Å². The van der Waals surface area contributed by atoms with E-state index in [9.17, 15) is 18.5 Å². The lowest BCUT2D eigenvalue weighted by Gasteiger charge is -2.26. The average Bonchev–Trinajstić information content (AvgIpc) is 2.48. The zero-order chi connectivity index (χ0) is 16.3. The summed E-state index contributed by atoms with van der Waals surface area (Å²) >= 11 is 0. The van der Waals surface area contributed by atoms with Gasteiger partial charge in [-0.2, -0.15) is 0 Å². The Morgan fingerprint density at radius 1 is 1.32 bits per heavy atom. The molecule has 1 aliphatic rings. The molecule has 1 aliphatic carbocycles. The van der Waals surface area contributed by atoms with Crippen LogP contribution in [-0.2, 0) is 10.0 Å². The first kappa shape index (κ1) is 16.7.